The second-order valence-electron chi connectivity index (χ2n) is 9.39. The van der Waals surface area contributed by atoms with Gasteiger partial charge in [-0.25, -0.2) is 9.97 Å². The summed E-state index contributed by atoms with van der Waals surface area (Å²) in [4.78, 5) is 22.7. The van der Waals surface area contributed by atoms with E-state index in [4.69, 9.17) is 15.7 Å². The number of hydrogen-bond donors (Lipinski definition) is 2. The Bertz CT molecular complexity index is 1560. The molecule has 0 saturated heterocycles. The molecular formula is C28H26N6O. The van der Waals surface area contributed by atoms with E-state index in [0.717, 1.165) is 5.56 Å². The van der Waals surface area contributed by atoms with Crippen molar-refractivity contribution in [1.29, 1.82) is 0 Å². The molecule has 0 radical (unpaired) electrons. The van der Waals surface area contributed by atoms with Crippen molar-refractivity contribution in [1.82, 2.24) is 14.6 Å². The molecule has 7 nitrogen and oxygen atoms in total. The van der Waals surface area contributed by atoms with Gasteiger partial charge in [0.2, 0.25) is 0 Å². The highest BCUT2D eigenvalue weighted by Gasteiger charge is 2.24. The van der Waals surface area contributed by atoms with Gasteiger partial charge in [0.15, 0.2) is 5.65 Å². The molecule has 0 fully saturated rings. The summed E-state index contributed by atoms with van der Waals surface area (Å²) in [6.45, 7) is 6.52. The van der Waals surface area contributed by atoms with Gasteiger partial charge in [-0.1, -0.05) is 75.4 Å². The lowest BCUT2D eigenvalue weighted by Crippen LogP contribution is -2.14. The van der Waals surface area contributed by atoms with Crippen LogP contribution in [0.4, 0.5) is 11.5 Å². The first-order valence-corrected chi connectivity index (χ1v) is 11.4. The molecule has 3 aromatic carbocycles. The quantitative estimate of drug-likeness (QED) is 0.340. The molecule has 0 spiro atoms. The summed E-state index contributed by atoms with van der Waals surface area (Å²) in [6, 6.07) is 24.9. The number of hydrogen-bond acceptors (Lipinski definition) is 5. The van der Waals surface area contributed by atoms with Gasteiger partial charge in [-0.2, -0.15) is 9.78 Å². The molecule has 0 unspecified atom stereocenters. The normalized spacial score (nSPS) is 12.0. The van der Waals surface area contributed by atoms with Crippen LogP contribution in [0.3, 0.4) is 0 Å². The van der Waals surface area contributed by atoms with Crippen molar-refractivity contribution in [3.63, 3.8) is 0 Å². The number of anilines is 2. The number of carbonyl (C=O) groups is 1. The molecule has 0 saturated carbocycles. The van der Waals surface area contributed by atoms with Gasteiger partial charge in [0.05, 0.1) is 17.2 Å². The zero-order valence-corrected chi connectivity index (χ0v) is 19.9. The zero-order chi connectivity index (χ0) is 24.6. The predicted molar refractivity (Wildman–Crippen MR) is 142 cm³/mol. The number of aromatic nitrogens is 3. The number of nitrogen functional groups attached to an aromatic ring is 1. The first kappa shape index (κ1) is 22.3. The van der Waals surface area contributed by atoms with Crippen LogP contribution in [0.1, 0.15) is 42.3 Å². The molecular weight excluding hydrogens is 436 g/mol. The number of nitrogens with one attached hydrogen (secondary N) is 1. The predicted octanol–water partition coefficient (Wildman–Crippen LogP) is 5.60. The summed E-state index contributed by atoms with van der Waals surface area (Å²) in [5.74, 6) is -0.196. The van der Waals surface area contributed by atoms with Crippen LogP contribution in [0.25, 0.3) is 22.2 Å². The van der Waals surface area contributed by atoms with E-state index in [9.17, 15) is 4.79 Å². The fourth-order valence-corrected chi connectivity index (χ4v) is 3.90. The smallest absolute Gasteiger partial charge is 0.261 e. The molecule has 0 aliphatic carbocycles. The average molecular weight is 463 g/mol. The Morgan fingerprint density at radius 1 is 0.914 bits per heavy atom. The van der Waals surface area contributed by atoms with Crippen LogP contribution in [-0.2, 0) is 5.41 Å². The number of nitrogens with two attached hydrogens (primary N) is 1. The minimum absolute atomic E-state index is 0.0639. The highest BCUT2D eigenvalue weighted by Crippen LogP contribution is 2.29. The molecule has 174 valence electrons. The van der Waals surface area contributed by atoms with Crippen molar-refractivity contribution < 1.29 is 4.79 Å². The number of nitrogens with zero attached hydrogens (tertiary/aromatic N) is 4. The van der Waals surface area contributed by atoms with E-state index in [0.29, 0.717) is 27.9 Å². The average Bonchev–Trinajstić information content (AvgIpc) is 3.11. The first-order chi connectivity index (χ1) is 16.8. The number of carbonyl (C=O) groups excluding carboxylic acids is 1. The van der Waals surface area contributed by atoms with Gasteiger partial charge in [0.1, 0.15) is 16.9 Å². The van der Waals surface area contributed by atoms with Crippen molar-refractivity contribution >= 4 is 45.8 Å². The van der Waals surface area contributed by atoms with E-state index in [-0.39, 0.29) is 22.7 Å². The summed E-state index contributed by atoms with van der Waals surface area (Å²) in [7, 11) is 0. The Morgan fingerprint density at radius 2 is 1.54 bits per heavy atom. The molecule has 0 atom stereocenters. The van der Waals surface area contributed by atoms with E-state index < -0.39 is 0 Å². The Kier molecular flexibility index (Phi) is 5.53. The minimum Gasteiger partial charge on any atom is -0.383 e. The molecule has 0 aliphatic rings. The Morgan fingerprint density at radius 3 is 2.20 bits per heavy atom. The second kappa shape index (κ2) is 8.68. The number of benzene rings is 3. The van der Waals surface area contributed by atoms with Gasteiger partial charge < -0.3 is 11.1 Å². The third-order valence-corrected chi connectivity index (χ3v) is 5.83. The topological polar surface area (TPSA) is 98.2 Å². The van der Waals surface area contributed by atoms with Crippen molar-refractivity contribution in [2.75, 3.05) is 11.1 Å². The number of amides is 1. The lowest BCUT2D eigenvalue weighted by atomic mass is 9.87. The first-order valence-electron chi connectivity index (χ1n) is 11.4. The summed E-state index contributed by atoms with van der Waals surface area (Å²) < 4.78 is 1.48. The molecule has 1 amide bonds. The lowest BCUT2D eigenvalue weighted by Gasteiger charge is -2.18. The van der Waals surface area contributed by atoms with Crippen LogP contribution >= 0.6 is 0 Å². The van der Waals surface area contributed by atoms with E-state index in [2.05, 4.69) is 43.3 Å². The number of rotatable bonds is 4. The number of fused-ring (bicyclic) bond motifs is 2. The number of para-hydroxylation sites is 3. The Labute approximate surface area is 203 Å². The molecule has 7 heteroatoms. The molecule has 5 aromatic rings. The highest BCUT2D eigenvalue weighted by atomic mass is 16.1. The molecule has 0 aliphatic heterocycles. The summed E-state index contributed by atoms with van der Waals surface area (Å²) in [5.41, 5.74) is 11.8. The third-order valence-electron chi connectivity index (χ3n) is 5.83. The van der Waals surface area contributed by atoms with Gasteiger partial charge >= 0.3 is 0 Å². The van der Waals surface area contributed by atoms with Crippen LogP contribution in [-0.4, -0.2) is 26.8 Å². The fourth-order valence-electron chi connectivity index (χ4n) is 3.90. The van der Waals surface area contributed by atoms with E-state index in [1.165, 1.54) is 10.2 Å². The van der Waals surface area contributed by atoms with Crippen LogP contribution in [0.15, 0.2) is 84.0 Å². The second-order valence-corrected chi connectivity index (χ2v) is 9.39. The minimum atomic E-state index is -0.369. The summed E-state index contributed by atoms with van der Waals surface area (Å²) in [5, 5.41) is 7.49. The van der Waals surface area contributed by atoms with Crippen molar-refractivity contribution in [2.45, 2.75) is 26.2 Å². The van der Waals surface area contributed by atoms with Crippen LogP contribution in [0, 0.1) is 0 Å². The van der Waals surface area contributed by atoms with Gasteiger partial charge in [0.25, 0.3) is 5.91 Å². The summed E-state index contributed by atoms with van der Waals surface area (Å²) >= 11 is 0. The maximum absolute atomic E-state index is 13.3. The SMILES string of the molecule is CC(C)(C)c1ccc(/C=N/n2c(N)c(C(=O)Nc3ccccc3)c3nc4ccccc4nc32)cc1. The molecule has 2 heterocycles. The maximum atomic E-state index is 13.3. The van der Waals surface area contributed by atoms with E-state index >= 15 is 0 Å². The van der Waals surface area contributed by atoms with Crippen molar-refractivity contribution in [3.8, 4) is 0 Å². The highest BCUT2D eigenvalue weighted by molar-refractivity contribution is 6.16. The molecule has 2 aromatic heterocycles. The van der Waals surface area contributed by atoms with E-state index in [1.807, 2.05) is 66.7 Å². The van der Waals surface area contributed by atoms with Gasteiger partial charge in [-0.3, -0.25) is 4.79 Å². The van der Waals surface area contributed by atoms with Crippen LogP contribution in [0.2, 0.25) is 0 Å². The molecule has 0 bridgehead atoms. The fraction of sp³-hybridized carbons (Fsp3) is 0.143. The maximum Gasteiger partial charge on any atom is 0.261 e. The van der Waals surface area contributed by atoms with Gasteiger partial charge in [-0.05, 0) is 40.8 Å². The molecule has 5 rings (SSSR count). The van der Waals surface area contributed by atoms with Crippen LogP contribution in [0.5, 0.6) is 0 Å². The standard InChI is InChI=1S/C28H26N6O/c1-28(2,3)19-15-13-18(14-16-19)17-30-34-25(29)23(27(35)31-20-9-5-4-6-10-20)24-26(34)33-22-12-8-7-11-21(22)32-24/h4-17H,29H2,1-3H3,(H,31,35)/b30-17+. The lowest BCUT2D eigenvalue weighted by molar-refractivity contribution is 0.102. The molecule has 3 N–H and O–H groups in total. The van der Waals surface area contributed by atoms with Gasteiger partial charge in [0, 0.05) is 5.69 Å². The monoisotopic (exact) mass is 462 g/mol. The summed E-state index contributed by atoms with van der Waals surface area (Å²) in [6.07, 6.45) is 1.71. The van der Waals surface area contributed by atoms with E-state index in [1.54, 1.807) is 6.21 Å². The van der Waals surface area contributed by atoms with Gasteiger partial charge in [-0.15, -0.1) is 0 Å². The van der Waals surface area contributed by atoms with Crippen molar-refractivity contribution in [3.05, 3.63) is 95.6 Å². The van der Waals surface area contributed by atoms with Crippen molar-refractivity contribution in [2.24, 2.45) is 5.10 Å². The Hall–Kier alpha value is -4.52. The Balaban J connectivity index is 1.61. The third kappa shape index (κ3) is 4.36. The largest absolute Gasteiger partial charge is 0.383 e. The van der Waals surface area contributed by atoms with Crippen LogP contribution < -0.4 is 11.1 Å². The zero-order valence-electron chi connectivity index (χ0n) is 19.9. The molecule has 35 heavy (non-hydrogen) atoms.